The molecule has 1 atom stereocenters. The molecule has 0 amide bonds. The van der Waals surface area contributed by atoms with E-state index in [-0.39, 0.29) is 0 Å². The fraction of sp³-hybridized carbons (Fsp3) is 0.538. The van der Waals surface area contributed by atoms with Gasteiger partial charge in [-0.3, -0.25) is 0 Å². The van der Waals surface area contributed by atoms with Gasteiger partial charge in [-0.25, -0.2) is 0 Å². The molecule has 1 aromatic rings. The summed E-state index contributed by atoms with van der Waals surface area (Å²) in [4.78, 5) is 0. The third kappa shape index (κ3) is 2.58. The first-order valence-electron chi connectivity index (χ1n) is 5.45. The minimum atomic E-state index is 0.413. The van der Waals surface area contributed by atoms with Crippen molar-refractivity contribution in [1.29, 1.82) is 0 Å². The van der Waals surface area contributed by atoms with Crippen molar-refractivity contribution < 1.29 is 5.73 Å². The van der Waals surface area contributed by atoms with Crippen molar-refractivity contribution in [3.63, 3.8) is 0 Å². The SMILES string of the molecule is CC(C)c1ccc([C@@H]([NH3+])C(C)C)cc1. The van der Waals surface area contributed by atoms with E-state index in [9.17, 15) is 0 Å². The maximum Gasteiger partial charge on any atom is 0.112 e. The van der Waals surface area contributed by atoms with Gasteiger partial charge in [0.2, 0.25) is 0 Å². The summed E-state index contributed by atoms with van der Waals surface area (Å²) in [5.74, 6) is 1.23. The molecule has 1 nitrogen and oxygen atoms in total. The molecule has 3 N–H and O–H groups in total. The highest BCUT2D eigenvalue weighted by Crippen LogP contribution is 2.20. The Morgan fingerprint density at radius 1 is 0.857 bits per heavy atom. The number of benzene rings is 1. The van der Waals surface area contributed by atoms with Crippen molar-refractivity contribution >= 4 is 0 Å². The van der Waals surface area contributed by atoms with E-state index in [4.69, 9.17) is 0 Å². The fourth-order valence-corrected chi connectivity index (χ4v) is 1.51. The highest BCUT2D eigenvalue weighted by Gasteiger charge is 2.13. The minimum absolute atomic E-state index is 0.413. The van der Waals surface area contributed by atoms with Crippen LogP contribution in [0.5, 0.6) is 0 Å². The van der Waals surface area contributed by atoms with E-state index in [0.717, 1.165) is 0 Å². The molecule has 1 aromatic carbocycles. The van der Waals surface area contributed by atoms with Crippen LogP contribution < -0.4 is 5.73 Å². The van der Waals surface area contributed by atoms with Crippen LogP contribution in [0, 0.1) is 5.92 Å². The van der Waals surface area contributed by atoms with Crippen LogP contribution >= 0.6 is 0 Å². The molecule has 0 unspecified atom stereocenters. The second-order valence-corrected chi connectivity index (χ2v) is 4.67. The first kappa shape index (κ1) is 11.3. The summed E-state index contributed by atoms with van der Waals surface area (Å²) in [7, 11) is 0. The van der Waals surface area contributed by atoms with Gasteiger partial charge >= 0.3 is 0 Å². The summed E-state index contributed by atoms with van der Waals surface area (Å²) < 4.78 is 0. The molecular weight excluding hydrogens is 170 g/mol. The zero-order valence-electron chi connectivity index (χ0n) is 9.75. The van der Waals surface area contributed by atoms with Gasteiger partial charge in [0.15, 0.2) is 0 Å². The van der Waals surface area contributed by atoms with Crippen molar-refractivity contribution in [2.45, 2.75) is 39.7 Å². The summed E-state index contributed by atoms with van der Waals surface area (Å²) in [6, 6.07) is 9.29. The monoisotopic (exact) mass is 192 g/mol. The van der Waals surface area contributed by atoms with E-state index in [1.807, 2.05) is 0 Å². The molecule has 0 aliphatic carbocycles. The zero-order valence-corrected chi connectivity index (χ0v) is 9.75. The molecule has 14 heavy (non-hydrogen) atoms. The Balaban J connectivity index is 2.83. The van der Waals surface area contributed by atoms with Gasteiger partial charge in [0.1, 0.15) is 6.04 Å². The molecule has 0 radical (unpaired) electrons. The summed E-state index contributed by atoms with van der Waals surface area (Å²) in [5, 5.41) is 0. The standard InChI is InChI=1S/C13H21N/c1-9(2)11-5-7-12(8-6-11)13(14)10(3)4/h5-10,13H,14H2,1-4H3/p+1/t13-/m0/s1. The molecule has 1 heteroatoms. The maximum absolute atomic E-state index is 4.18. The number of hydrogen-bond donors (Lipinski definition) is 1. The van der Waals surface area contributed by atoms with Crippen molar-refractivity contribution in [2.75, 3.05) is 0 Å². The number of rotatable bonds is 3. The lowest BCUT2D eigenvalue weighted by Gasteiger charge is -2.13. The predicted octanol–water partition coefficient (Wildman–Crippen LogP) is 2.75. The number of quaternary nitrogens is 1. The van der Waals surface area contributed by atoms with Crippen molar-refractivity contribution in [2.24, 2.45) is 5.92 Å². The minimum Gasteiger partial charge on any atom is -0.351 e. The van der Waals surface area contributed by atoms with Crippen LogP contribution in [0.1, 0.15) is 50.8 Å². The van der Waals surface area contributed by atoms with Gasteiger partial charge in [-0.05, 0) is 11.5 Å². The summed E-state index contributed by atoms with van der Waals surface area (Å²) in [6.07, 6.45) is 0. The van der Waals surface area contributed by atoms with Crippen LogP contribution in [0.2, 0.25) is 0 Å². The maximum atomic E-state index is 4.18. The highest BCUT2D eigenvalue weighted by molar-refractivity contribution is 5.26. The van der Waals surface area contributed by atoms with E-state index in [2.05, 4.69) is 57.7 Å². The first-order chi connectivity index (χ1) is 6.52. The van der Waals surface area contributed by atoms with Gasteiger partial charge in [0, 0.05) is 11.5 Å². The van der Waals surface area contributed by atoms with E-state index in [0.29, 0.717) is 17.9 Å². The van der Waals surface area contributed by atoms with Gasteiger partial charge in [0.05, 0.1) is 0 Å². The molecule has 0 bridgehead atoms. The van der Waals surface area contributed by atoms with E-state index < -0.39 is 0 Å². The molecule has 78 valence electrons. The molecule has 0 aliphatic heterocycles. The van der Waals surface area contributed by atoms with Gasteiger partial charge in [-0.2, -0.15) is 0 Å². The topological polar surface area (TPSA) is 27.6 Å². The van der Waals surface area contributed by atoms with Gasteiger partial charge in [-0.15, -0.1) is 0 Å². The molecule has 0 heterocycles. The summed E-state index contributed by atoms with van der Waals surface area (Å²) in [6.45, 7) is 8.88. The highest BCUT2D eigenvalue weighted by atomic mass is 14.6. The Morgan fingerprint density at radius 3 is 1.64 bits per heavy atom. The summed E-state index contributed by atoms with van der Waals surface area (Å²) in [5.41, 5.74) is 6.94. The third-order valence-electron chi connectivity index (χ3n) is 2.84. The lowest BCUT2D eigenvalue weighted by atomic mass is 9.94. The van der Waals surface area contributed by atoms with Gasteiger partial charge in [-0.1, -0.05) is 52.0 Å². The Bertz CT molecular complexity index is 272. The molecular formula is C13H22N+. The normalized spacial score (nSPS) is 13.6. The largest absolute Gasteiger partial charge is 0.351 e. The van der Waals surface area contributed by atoms with Crippen LogP contribution in [0.3, 0.4) is 0 Å². The Morgan fingerprint density at radius 2 is 1.29 bits per heavy atom. The molecule has 0 saturated carbocycles. The Hall–Kier alpha value is -0.820. The Labute approximate surface area is 87.3 Å². The predicted molar refractivity (Wildman–Crippen MR) is 61.0 cm³/mol. The molecule has 1 rings (SSSR count). The van der Waals surface area contributed by atoms with E-state index >= 15 is 0 Å². The second-order valence-electron chi connectivity index (χ2n) is 4.67. The average Bonchev–Trinajstić information content (AvgIpc) is 2.16. The molecule has 0 saturated heterocycles. The van der Waals surface area contributed by atoms with Crippen LogP contribution in [0.25, 0.3) is 0 Å². The lowest BCUT2D eigenvalue weighted by Crippen LogP contribution is -2.55. The first-order valence-corrected chi connectivity index (χ1v) is 5.45. The molecule has 0 fully saturated rings. The summed E-state index contributed by atoms with van der Waals surface area (Å²) >= 11 is 0. The van der Waals surface area contributed by atoms with Crippen LogP contribution in [0.4, 0.5) is 0 Å². The van der Waals surface area contributed by atoms with Crippen LogP contribution in [-0.4, -0.2) is 0 Å². The fourth-order valence-electron chi connectivity index (χ4n) is 1.51. The quantitative estimate of drug-likeness (QED) is 0.762. The Kier molecular flexibility index (Phi) is 3.70. The van der Waals surface area contributed by atoms with Crippen molar-refractivity contribution in [3.05, 3.63) is 35.4 Å². The van der Waals surface area contributed by atoms with E-state index in [1.54, 1.807) is 0 Å². The molecule has 0 spiro atoms. The zero-order chi connectivity index (χ0) is 10.7. The third-order valence-corrected chi connectivity index (χ3v) is 2.84. The average molecular weight is 192 g/mol. The molecule has 0 aromatic heterocycles. The smallest absolute Gasteiger partial charge is 0.112 e. The second kappa shape index (κ2) is 4.61. The van der Waals surface area contributed by atoms with Crippen molar-refractivity contribution in [1.82, 2.24) is 0 Å². The van der Waals surface area contributed by atoms with E-state index in [1.165, 1.54) is 11.1 Å². The molecule has 0 aliphatic rings. The lowest BCUT2D eigenvalue weighted by molar-refractivity contribution is -0.438. The number of hydrogen-bond acceptors (Lipinski definition) is 0. The van der Waals surface area contributed by atoms with Gasteiger partial charge < -0.3 is 5.73 Å². The van der Waals surface area contributed by atoms with Crippen molar-refractivity contribution in [3.8, 4) is 0 Å². The van der Waals surface area contributed by atoms with Gasteiger partial charge in [0.25, 0.3) is 0 Å². The van der Waals surface area contributed by atoms with Crippen LogP contribution in [-0.2, 0) is 0 Å². The van der Waals surface area contributed by atoms with Crippen LogP contribution in [0.15, 0.2) is 24.3 Å².